The number of rotatable bonds is 4. The van der Waals surface area contributed by atoms with Crippen LogP contribution in [-0.4, -0.2) is 11.8 Å². The van der Waals surface area contributed by atoms with Crippen molar-refractivity contribution in [1.82, 2.24) is 0 Å². The molecule has 1 aliphatic heterocycles. The van der Waals surface area contributed by atoms with Gasteiger partial charge in [-0.05, 0) is 74.2 Å². The molecular weight excluding hydrogens is 372 g/mol. The molecule has 1 aliphatic rings. The standard InChI is InChI=1S/C26H24N2O2/c1-16-10-11-22(19(4)13-16)23-24(27-20-8-6-5-7-9-20)26(30)28(25(23)29)21-14-17(2)12-18(3)15-21/h5-15,27H,1-4H3. The van der Waals surface area contributed by atoms with Crippen LogP contribution in [0.25, 0.3) is 5.57 Å². The molecule has 30 heavy (non-hydrogen) atoms. The van der Waals surface area contributed by atoms with E-state index in [4.69, 9.17) is 0 Å². The molecule has 4 nitrogen and oxygen atoms in total. The van der Waals surface area contributed by atoms with Gasteiger partial charge in [0.2, 0.25) is 0 Å². The number of carbonyl (C=O) groups is 2. The van der Waals surface area contributed by atoms with E-state index in [9.17, 15) is 9.59 Å². The Bertz CT molecular complexity index is 1170. The van der Waals surface area contributed by atoms with E-state index in [0.717, 1.165) is 33.5 Å². The highest BCUT2D eigenvalue weighted by Gasteiger charge is 2.40. The number of hydrogen-bond acceptors (Lipinski definition) is 3. The lowest BCUT2D eigenvalue weighted by molar-refractivity contribution is -0.120. The Morgan fingerprint density at radius 2 is 1.37 bits per heavy atom. The van der Waals surface area contributed by atoms with Crippen LogP contribution in [0.1, 0.15) is 27.8 Å². The van der Waals surface area contributed by atoms with Gasteiger partial charge in [-0.15, -0.1) is 0 Å². The van der Waals surface area contributed by atoms with Gasteiger partial charge in [0, 0.05) is 5.69 Å². The zero-order chi connectivity index (χ0) is 21.4. The summed E-state index contributed by atoms with van der Waals surface area (Å²) < 4.78 is 0. The Morgan fingerprint density at radius 1 is 0.700 bits per heavy atom. The molecule has 3 aromatic carbocycles. The summed E-state index contributed by atoms with van der Waals surface area (Å²) in [7, 11) is 0. The molecule has 0 saturated carbocycles. The number of nitrogens with zero attached hydrogens (tertiary/aromatic N) is 1. The van der Waals surface area contributed by atoms with Gasteiger partial charge in [0.05, 0.1) is 11.3 Å². The van der Waals surface area contributed by atoms with Crippen LogP contribution in [0.15, 0.2) is 72.4 Å². The molecule has 0 bridgehead atoms. The van der Waals surface area contributed by atoms with Gasteiger partial charge >= 0.3 is 0 Å². The van der Waals surface area contributed by atoms with Crippen LogP contribution >= 0.6 is 0 Å². The molecule has 0 spiro atoms. The molecule has 0 aromatic heterocycles. The number of anilines is 2. The van der Waals surface area contributed by atoms with Crippen molar-refractivity contribution in [2.45, 2.75) is 27.7 Å². The van der Waals surface area contributed by atoms with Gasteiger partial charge in [0.1, 0.15) is 5.70 Å². The van der Waals surface area contributed by atoms with E-state index in [2.05, 4.69) is 5.32 Å². The molecular formula is C26H24N2O2. The molecule has 1 N–H and O–H groups in total. The molecule has 0 fully saturated rings. The highest BCUT2D eigenvalue weighted by Crippen LogP contribution is 2.35. The van der Waals surface area contributed by atoms with E-state index < -0.39 is 0 Å². The van der Waals surface area contributed by atoms with Crippen LogP contribution in [0.5, 0.6) is 0 Å². The lowest BCUT2D eigenvalue weighted by Gasteiger charge is -2.17. The maximum atomic E-state index is 13.6. The third kappa shape index (κ3) is 3.52. The van der Waals surface area contributed by atoms with Gasteiger partial charge in [0.25, 0.3) is 11.8 Å². The van der Waals surface area contributed by atoms with E-state index >= 15 is 0 Å². The first-order chi connectivity index (χ1) is 14.3. The first-order valence-corrected chi connectivity index (χ1v) is 9.96. The number of benzene rings is 3. The van der Waals surface area contributed by atoms with Crippen LogP contribution < -0.4 is 10.2 Å². The minimum atomic E-state index is -0.344. The molecule has 0 atom stereocenters. The molecule has 4 rings (SSSR count). The maximum absolute atomic E-state index is 13.6. The van der Waals surface area contributed by atoms with Crippen molar-refractivity contribution in [3.8, 4) is 0 Å². The summed E-state index contributed by atoms with van der Waals surface area (Å²) in [5, 5.41) is 3.21. The number of imide groups is 1. The Kier molecular flexibility index (Phi) is 5.00. The first kappa shape index (κ1) is 19.6. The quantitative estimate of drug-likeness (QED) is 0.608. The SMILES string of the molecule is Cc1cc(C)cc(N2C(=O)C(Nc3ccccc3)=C(c3ccc(C)cc3C)C2=O)c1. The fourth-order valence-corrected chi connectivity index (χ4v) is 3.97. The third-order valence-corrected chi connectivity index (χ3v) is 5.24. The summed E-state index contributed by atoms with van der Waals surface area (Å²) >= 11 is 0. The molecule has 0 aliphatic carbocycles. The van der Waals surface area contributed by atoms with Crippen molar-refractivity contribution >= 4 is 28.8 Å². The number of hydrogen-bond donors (Lipinski definition) is 1. The molecule has 1 heterocycles. The average molecular weight is 396 g/mol. The Hall–Kier alpha value is -3.66. The van der Waals surface area contributed by atoms with Crippen molar-refractivity contribution in [3.05, 3.63) is 100 Å². The summed E-state index contributed by atoms with van der Waals surface area (Å²) in [6, 6.07) is 21.1. The van der Waals surface area contributed by atoms with E-state index in [1.165, 1.54) is 4.90 Å². The minimum Gasteiger partial charge on any atom is -0.350 e. The summed E-state index contributed by atoms with van der Waals surface area (Å²) in [5.74, 6) is -0.654. The zero-order valence-electron chi connectivity index (χ0n) is 17.6. The van der Waals surface area contributed by atoms with Crippen molar-refractivity contribution in [2.75, 3.05) is 10.2 Å². The van der Waals surface area contributed by atoms with E-state index in [-0.39, 0.29) is 11.8 Å². The first-order valence-electron chi connectivity index (χ1n) is 9.96. The van der Waals surface area contributed by atoms with Crippen LogP contribution in [0.2, 0.25) is 0 Å². The fourth-order valence-electron chi connectivity index (χ4n) is 3.97. The maximum Gasteiger partial charge on any atom is 0.282 e. The van der Waals surface area contributed by atoms with Gasteiger partial charge in [0.15, 0.2) is 0 Å². The highest BCUT2D eigenvalue weighted by molar-refractivity contribution is 6.46. The van der Waals surface area contributed by atoms with Gasteiger partial charge in [-0.2, -0.15) is 0 Å². The van der Waals surface area contributed by atoms with Crippen molar-refractivity contribution in [2.24, 2.45) is 0 Å². The summed E-state index contributed by atoms with van der Waals surface area (Å²) in [4.78, 5) is 28.4. The van der Waals surface area contributed by atoms with Gasteiger partial charge in [-0.25, -0.2) is 4.90 Å². The topological polar surface area (TPSA) is 49.4 Å². The summed E-state index contributed by atoms with van der Waals surface area (Å²) in [5.41, 5.74) is 6.90. The van der Waals surface area contributed by atoms with Crippen molar-refractivity contribution in [3.63, 3.8) is 0 Å². The van der Waals surface area contributed by atoms with Gasteiger partial charge < -0.3 is 5.32 Å². The second-order valence-corrected chi connectivity index (χ2v) is 7.85. The van der Waals surface area contributed by atoms with E-state index in [1.807, 2.05) is 94.4 Å². The molecule has 150 valence electrons. The summed E-state index contributed by atoms with van der Waals surface area (Å²) in [6.45, 7) is 7.90. The van der Waals surface area contributed by atoms with Gasteiger partial charge in [-0.1, -0.05) is 48.0 Å². The lowest BCUT2D eigenvalue weighted by Crippen LogP contribution is -2.32. The average Bonchev–Trinajstić information content (AvgIpc) is 2.92. The molecule has 4 heteroatoms. The summed E-state index contributed by atoms with van der Waals surface area (Å²) in [6.07, 6.45) is 0. The van der Waals surface area contributed by atoms with Crippen molar-refractivity contribution < 1.29 is 9.59 Å². The van der Waals surface area contributed by atoms with Crippen LogP contribution in [0.4, 0.5) is 11.4 Å². The number of aryl methyl sites for hydroxylation is 4. The number of amides is 2. The Morgan fingerprint density at radius 3 is 2.00 bits per heavy atom. The highest BCUT2D eigenvalue weighted by atomic mass is 16.2. The van der Waals surface area contributed by atoms with E-state index in [1.54, 1.807) is 0 Å². The number of para-hydroxylation sites is 1. The lowest BCUT2D eigenvalue weighted by atomic mass is 9.97. The van der Waals surface area contributed by atoms with Crippen LogP contribution in [0, 0.1) is 27.7 Å². The second kappa shape index (κ2) is 7.64. The Labute approximate surface area is 176 Å². The largest absolute Gasteiger partial charge is 0.350 e. The van der Waals surface area contributed by atoms with Crippen LogP contribution in [0.3, 0.4) is 0 Å². The monoisotopic (exact) mass is 396 g/mol. The number of carbonyl (C=O) groups excluding carboxylic acids is 2. The fraction of sp³-hybridized carbons (Fsp3) is 0.154. The van der Waals surface area contributed by atoms with Gasteiger partial charge in [-0.3, -0.25) is 9.59 Å². The second-order valence-electron chi connectivity index (χ2n) is 7.85. The third-order valence-electron chi connectivity index (χ3n) is 5.24. The normalized spacial score (nSPS) is 13.9. The molecule has 0 saturated heterocycles. The molecule has 2 amide bonds. The van der Waals surface area contributed by atoms with Crippen molar-refractivity contribution in [1.29, 1.82) is 0 Å². The number of nitrogens with one attached hydrogen (secondary N) is 1. The molecule has 0 radical (unpaired) electrons. The predicted molar refractivity (Wildman–Crippen MR) is 121 cm³/mol. The molecule has 3 aromatic rings. The smallest absolute Gasteiger partial charge is 0.282 e. The minimum absolute atomic E-state index is 0.303. The Balaban J connectivity index is 1.88. The van der Waals surface area contributed by atoms with E-state index in [0.29, 0.717) is 17.0 Å². The molecule has 0 unspecified atom stereocenters. The van der Waals surface area contributed by atoms with Crippen LogP contribution in [-0.2, 0) is 9.59 Å². The predicted octanol–water partition coefficient (Wildman–Crippen LogP) is 5.32. The zero-order valence-corrected chi connectivity index (χ0v) is 17.6.